The predicted molar refractivity (Wildman–Crippen MR) is 175 cm³/mol. The van der Waals surface area contributed by atoms with Gasteiger partial charge in [0.2, 0.25) is 0 Å². The number of rotatable bonds is 8. The third-order valence-corrected chi connectivity index (χ3v) is 7.10. The van der Waals surface area contributed by atoms with Crippen molar-refractivity contribution in [3.63, 3.8) is 0 Å². The standard InChI is InChI=1S/C36H32N6O2/c1-23-9-5-7-11-33(23)41-39-29-17-19-31(25(3)21-29)37-35(43)27-13-15-28(16-14-27)36(44)38-32-20-18-30(22-26(32)4)40-42-34-12-8-6-10-24(34)2/h5-22H,1-4H3,(H,37,43)(H,38,44). The molecule has 8 heteroatoms. The molecule has 2 amide bonds. The van der Waals surface area contributed by atoms with Crippen molar-refractivity contribution in [1.82, 2.24) is 0 Å². The third kappa shape index (κ3) is 7.35. The van der Waals surface area contributed by atoms with E-state index in [4.69, 9.17) is 0 Å². The molecule has 5 aromatic carbocycles. The molecule has 0 bridgehead atoms. The SMILES string of the molecule is Cc1ccccc1N=Nc1ccc(NC(=O)c2ccc(C(=O)Nc3ccc(N=Nc4ccccc4C)cc3C)cc2)c(C)c1. The Morgan fingerprint density at radius 2 is 0.841 bits per heavy atom. The summed E-state index contributed by atoms with van der Waals surface area (Å²) in [6.45, 7) is 7.77. The Morgan fingerprint density at radius 3 is 1.20 bits per heavy atom. The van der Waals surface area contributed by atoms with Crippen LogP contribution in [0, 0.1) is 27.7 Å². The Morgan fingerprint density at radius 1 is 0.455 bits per heavy atom. The number of anilines is 2. The quantitative estimate of drug-likeness (QED) is 0.178. The van der Waals surface area contributed by atoms with Crippen LogP contribution in [0.5, 0.6) is 0 Å². The van der Waals surface area contributed by atoms with Crippen molar-refractivity contribution in [3.8, 4) is 0 Å². The number of nitrogens with zero attached hydrogens (tertiary/aromatic N) is 4. The molecule has 0 fully saturated rings. The number of hydrogen-bond acceptors (Lipinski definition) is 6. The molecule has 5 rings (SSSR count). The number of nitrogens with one attached hydrogen (secondary N) is 2. The lowest BCUT2D eigenvalue weighted by Gasteiger charge is -2.11. The van der Waals surface area contributed by atoms with Crippen molar-refractivity contribution in [2.45, 2.75) is 27.7 Å². The number of carbonyl (C=O) groups is 2. The van der Waals surface area contributed by atoms with Gasteiger partial charge in [-0.3, -0.25) is 9.59 Å². The summed E-state index contributed by atoms with van der Waals surface area (Å²) in [6, 6.07) is 33.0. The van der Waals surface area contributed by atoms with Gasteiger partial charge in [0, 0.05) is 22.5 Å². The fourth-order valence-electron chi connectivity index (χ4n) is 4.44. The maximum Gasteiger partial charge on any atom is 0.255 e. The first-order valence-corrected chi connectivity index (χ1v) is 14.2. The van der Waals surface area contributed by atoms with E-state index in [1.165, 1.54) is 0 Å². The average Bonchev–Trinajstić information content (AvgIpc) is 3.02. The van der Waals surface area contributed by atoms with Gasteiger partial charge in [0.15, 0.2) is 0 Å². The molecule has 0 spiro atoms. The van der Waals surface area contributed by atoms with Crippen LogP contribution in [-0.4, -0.2) is 11.8 Å². The molecule has 2 N–H and O–H groups in total. The lowest BCUT2D eigenvalue weighted by atomic mass is 10.1. The number of amides is 2. The molecule has 0 saturated heterocycles. The molecule has 8 nitrogen and oxygen atoms in total. The average molecular weight is 581 g/mol. The van der Waals surface area contributed by atoms with Crippen LogP contribution >= 0.6 is 0 Å². The zero-order valence-corrected chi connectivity index (χ0v) is 25.0. The fourth-order valence-corrected chi connectivity index (χ4v) is 4.44. The summed E-state index contributed by atoms with van der Waals surface area (Å²) in [5.74, 6) is -0.554. The molecule has 218 valence electrons. The van der Waals surface area contributed by atoms with Crippen molar-refractivity contribution >= 4 is 45.9 Å². The van der Waals surface area contributed by atoms with Crippen molar-refractivity contribution in [2.24, 2.45) is 20.5 Å². The molecule has 0 atom stereocenters. The van der Waals surface area contributed by atoms with Crippen molar-refractivity contribution in [2.75, 3.05) is 10.6 Å². The first kappa shape index (κ1) is 29.7. The minimum atomic E-state index is -0.277. The molecule has 5 aromatic rings. The number of hydrogen-bond donors (Lipinski definition) is 2. The first-order valence-electron chi connectivity index (χ1n) is 14.2. The zero-order chi connectivity index (χ0) is 31.1. The van der Waals surface area contributed by atoms with Gasteiger partial charge in [-0.05, 0) is 123 Å². The summed E-state index contributed by atoms with van der Waals surface area (Å²) in [5, 5.41) is 23.2. The van der Waals surface area contributed by atoms with E-state index in [1.807, 2.05) is 88.4 Å². The van der Waals surface area contributed by atoms with Crippen LogP contribution in [0.4, 0.5) is 34.1 Å². The second-order valence-electron chi connectivity index (χ2n) is 10.5. The summed E-state index contributed by atoms with van der Waals surface area (Å²) in [5.41, 5.74) is 9.01. The number of azo groups is 2. The number of aryl methyl sites for hydroxylation is 4. The second-order valence-corrected chi connectivity index (χ2v) is 10.5. The van der Waals surface area contributed by atoms with Crippen LogP contribution < -0.4 is 10.6 Å². The summed E-state index contributed by atoms with van der Waals surface area (Å²) in [4.78, 5) is 25.9. The molecular weight excluding hydrogens is 548 g/mol. The highest BCUT2D eigenvalue weighted by atomic mass is 16.2. The monoisotopic (exact) mass is 580 g/mol. The number of benzene rings is 5. The largest absolute Gasteiger partial charge is 0.322 e. The zero-order valence-electron chi connectivity index (χ0n) is 25.0. The minimum absolute atomic E-state index is 0.277. The Labute approximate surface area is 256 Å². The van der Waals surface area contributed by atoms with Crippen LogP contribution in [-0.2, 0) is 0 Å². The Hall–Kier alpha value is -5.76. The van der Waals surface area contributed by atoms with Crippen LogP contribution in [0.1, 0.15) is 43.0 Å². The summed E-state index contributed by atoms with van der Waals surface area (Å²) in [7, 11) is 0. The van der Waals surface area contributed by atoms with Crippen LogP contribution in [0.15, 0.2) is 130 Å². The Kier molecular flexibility index (Phi) is 9.10. The molecule has 0 saturated carbocycles. The van der Waals surface area contributed by atoms with Gasteiger partial charge in [-0.1, -0.05) is 36.4 Å². The van der Waals surface area contributed by atoms with Gasteiger partial charge in [0.1, 0.15) is 0 Å². The molecule has 0 unspecified atom stereocenters. The van der Waals surface area contributed by atoms with E-state index in [9.17, 15) is 9.59 Å². The third-order valence-electron chi connectivity index (χ3n) is 7.10. The molecule has 0 radical (unpaired) electrons. The molecule has 0 aromatic heterocycles. The van der Waals surface area contributed by atoms with Gasteiger partial charge in [-0.25, -0.2) is 0 Å². The van der Waals surface area contributed by atoms with E-state index < -0.39 is 0 Å². The van der Waals surface area contributed by atoms with Gasteiger partial charge in [-0.15, -0.1) is 0 Å². The molecule has 0 aliphatic heterocycles. The second kappa shape index (κ2) is 13.5. The highest BCUT2D eigenvalue weighted by molar-refractivity contribution is 6.07. The molecule has 44 heavy (non-hydrogen) atoms. The van der Waals surface area contributed by atoms with Gasteiger partial charge in [-0.2, -0.15) is 20.5 Å². The molecular formula is C36H32N6O2. The smallest absolute Gasteiger partial charge is 0.255 e. The van der Waals surface area contributed by atoms with Crippen LogP contribution in [0.3, 0.4) is 0 Å². The van der Waals surface area contributed by atoms with Crippen LogP contribution in [0.25, 0.3) is 0 Å². The maximum atomic E-state index is 12.9. The highest BCUT2D eigenvalue weighted by Crippen LogP contribution is 2.27. The van der Waals surface area contributed by atoms with Gasteiger partial charge in [0.25, 0.3) is 11.8 Å². The predicted octanol–water partition coefficient (Wildman–Crippen LogP) is 10.3. The fraction of sp³-hybridized carbons (Fsp3) is 0.111. The van der Waals surface area contributed by atoms with E-state index in [0.29, 0.717) is 33.9 Å². The lowest BCUT2D eigenvalue weighted by molar-refractivity contribution is 0.101. The van der Waals surface area contributed by atoms with E-state index in [2.05, 4.69) is 31.1 Å². The van der Waals surface area contributed by atoms with Crippen molar-refractivity contribution < 1.29 is 9.59 Å². The summed E-state index contributed by atoms with van der Waals surface area (Å²) >= 11 is 0. The van der Waals surface area contributed by atoms with E-state index in [-0.39, 0.29) is 11.8 Å². The van der Waals surface area contributed by atoms with Crippen molar-refractivity contribution in [1.29, 1.82) is 0 Å². The maximum absolute atomic E-state index is 12.9. The Balaban J connectivity index is 1.19. The van der Waals surface area contributed by atoms with Crippen molar-refractivity contribution in [3.05, 3.63) is 143 Å². The molecule has 0 heterocycles. The van der Waals surface area contributed by atoms with E-state index in [0.717, 1.165) is 33.6 Å². The minimum Gasteiger partial charge on any atom is -0.322 e. The van der Waals surface area contributed by atoms with Gasteiger partial charge >= 0.3 is 0 Å². The Bertz CT molecular complexity index is 1760. The normalized spacial score (nSPS) is 11.2. The topological polar surface area (TPSA) is 108 Å². The molecule has 0 aliphatic rings. The lowest BCUT2D eigenvalue weighted by Crippen LogP contribution is -2.15. The van der Waals surface area contributed by atoms with Gasteiger partial charge < -0.3 is 10.6 Å². The highest BCUT2D eigenvalue weighted by Gasteiger charge is 2.12. The summed E-state index contributed by atoms with van der Waals surface area (Å²) in [6.07, 6.45) is 0. The van der Waals surface area contributed by atoms with E-state index >= 15 is 0 Å². The first-order chi connectivity index (χ1) is 21.3. The number of carbonyl (C=O) groups excluding carboxylic acids is 2. The molecule has 0 aliphatic carbocycles. The summed E-state index contributed by atoms with van der Waals surface area (Å²) < 4.78 is 0. The van der Waals surface area contributed by atoms with Crippen LogP contribution in [0.2, 0.25) is 0 Å². The van der Waals surface area contributed by atoms with E-state index in [1.54, 1.807) is 48.5 Å². The van der Waals surface area contributed by atoms with Gasteiger partial charge in [0.05, 0.1) is 22.7 Å².